The molecule has 0 unspecified atom stereocenters. The molecule has 0 aliphatic rings. The van der Waals surface area contributed by atoms with Gasteiger partial charge in [-0.1, -0.05) is 72.8 Å². The average molecular weight is 534 g/mol. The Bertz CT molecular complexity index is 2810. The molecular formula is C37H19N5. The molecule has 0 N–H and O–H groups in total. The molecule has 42 heavy (non-hydrogen) atoms. The summed E-state index contributed by atoms with van der Waals surface area (Å²) in [5, 5.41) is 19.8. The lowest BCUT2D eigenvalue weighted by Crippen LogP contribution is -2.04. The summed E-state index contributed by atoms with van der Waals surface area (Å²) in [5.74, 6) is 0.549. The van der Waals surface area contributed by atoms with Crippen LogP contribution >= 0.6 is 0 Å². The highest BCUT2D eigenvalue weighted by atomic mass is 15.1. The fourth-order valence-electron chi connectivity index (χ4n) is 7.15. The fourth-order valence-corrected chi connectivity index (χ4v) is 7.15. The molecule has 10 aromatic rings. The second-order valence-corrected chi connectivity index (χ2v) is 11.0. The SMILES string of the molecule is N#Cc1nc2ccccc2nc1-n1c2cc3ccccc3cc2c2c3c4ccccc4n4c5ccccc5c(cc21)c34. The predicted octanol–water partition coefficient (Wildman–Crippen LogP) is 8.90. The van der Waals surface area contributed by atoms with E-state index >= 15 is 0 Å². The Labute approximate surface area is 238 Å². The van der Waals surface area contributed by atoms with Crippen molar-refractivity contribution in [2.45, 2.75) is 0 Å². The van der Waals surface area contributed by atoms with E-state index in [4.69, 9.17) is 9.97 Å². The van der Waals surface area contributed by atoms with E-state index in [1.54, 1.807) is 0 Å². The van der Waals surface area contributed by atoms with Gasteiger partial charge in [-0.25, -0.2) is 9.97 Å². The molecule has 0 aliphatic carbocycles. The zero-order valence-corrected chi connectivity index (χ0v) is 22.2. The van der Waals surface area contributed by atoms with Crippen LogP contribution in [0.3, 0.4) is 0 Å². The Hall–Kier alpha value is -5.99. The average Bonchev–Trinajstić information content (AvgIpc) is 3.67. The van der Waals surface area contributed by atoms with Crippen molar-refractivity contribution in [3.05, 3.63) is 121 Å². The van der Waals surface area contributed by atoms with Crippen LogP contribution in [-0.2, 0) is 0 Å². The van der Waals surface area contributed by atoms with Gasteiger partial charge in [-0.2, -0.15) is 5.26 Å². The Balaban J connectivity index is 1.54. The minimum atomic E-state index is 0.306. The van der Waals surface area contributed by atoms with E-state index in [2.05, 4.69) is 106 Å². The second kappa shape index (κ2) is 7.60. The molecule has 0 radical (unpaired) electrons. The summed E-state index contributed by atoms with van der Waals surface area (Å²) in [6.07, 6.45) is 0. The first-order chi connectivity index (χ1) is 20.8. The van der Waals surface area contributed by atoms with E-state index in [1.807, 2.05) is 24.3 Å². The predicted molar refractivity (Wildman–Crippen MR) is 171 cm³/mol. The van der Waals surface area contributed by atoms with Crippen molar-refractivity contribution in [3.63, 3.8) is 0 Å². The molecule has 4 aromatic heterocycles. The van der Waals surface area contributed by atoms with Gasteiger partial charge < -0.3 is 4.40 Å². The van der Waals surface area contributed by atoms with Gasteiger partial charge in [-0.15, -0.1) is 0 Å². The molecule has 0 atom stereocenters. The van der Waals surface area contributed by atoms with Crippen molar-refractivity contribution in [2.24, 2.45) is 0 Å². The first-order valence-corrected chi connectivity index (χ1v) is 14.0. The van der Waals surface area contributed by atoms with Gasteiger partial charge in [-0.05, 0) is 53.2 Å². The van der Waals surface area contributed by atoms with Crippen molar-refractivity contribution in [1.82, 2.24) is 18.9 Å². The van der Waals surface area contributed by atoms with Crippen molar-refractivity contribution < 1.29 is 0 Å². The van der Waals surface area contributed by atoms with Gasteiger partial charge in [0.1, 0.15) is 6.07 Å². The Morgan fingerprint density at radius 2 is 1.17 bits per heavy atom. The van der Waals surface area contributed by atoms with Gasteiger partial charge >= 0.3 is 0 Å². The summed E-state index contributed by atoms with van der Waals surface area (Å²) in [7, 11) is 0. The monoisotopic (exact) mass is 533 g/mol. The van der Waals surface area contributed by atoms with Crippen LogP contribution < -0.4 is 0 Å². The Morgan fingerprint density at radius 3 is 1.95 bits per heavy atom. The zero-order chi connectivity index (χ0) is 27.5. The van der Waals surface area contributed by atoms with Gasteiger partial charge in [0, 0.05) is 32.3 Å². The zero-order valence-electron chi connectivity index (χ0n) is 22.2. The van der Waals surface area contributed by atoms with Crippen LogP contribution in [0.25, 0.3) is 87.5 Å². The minimum Gasteiger partial charge on any atom is -0.308 e. The summed E-state index contributed by atoms with van der Waals surface area (Å²) in [5.41, 5.74) is 7.41. The first-order valence-electron chi connectivity index (χ1n) is 14.0. The Kier molecular flexibility index (Phi) is 3.94. The summed E-state index contributed by atoms with van der Waals surface area (Å²) >= 11 is 0. The minimum absolute atomic E-state index is 0.306. The summed E-state index contributed by atoms with van der Waals surface area (Å²) in [4.78, 5) is 9.85. The van der Waals surface area contributed by atoms with E-state index in [1.165, 1.54) is 43.5 Å². The number of benzene rings is 6. The molecule has 0 bridgehead atoms. The number of fused-ring (bicyclic) bond motifs is 12. The van der Waals surface area contributed by atoms with Gasteiger partial charge in [0.15, 0.2) is 11.5 Å². The third kappa shape index (κ3) is 2.57. The molecule has 5 nitrogen and oxygen atoms in total. The van der Waals surface area contributed by atoms with Gasteiger partial charge in [0.25, 0.3) is 0 Å². The number of rotatable bonds is 1. The molecule has 4 heterocycles. The van der Waals surface area contributed by atoms with Crippen LogP contribution in [0.5, 0.6) is 0 Å². The standard InChI is InChI=1S/C37H19N5/c38-20-29-37(40-28-14-6-5-13-27(28)39-29)42-32-18-22-10-2-1-9-21(22)17-26(32)34-33(42)19-25-23-11-3-7-15-30(23)41-31-16-8-4-12-24(31)35(34)36(25)41/h1-19H. The normalized spacial score (nSPS) is 12.3. The molecule has 0 aliphatic heterocycles. The Morgan fingerprint density at radius 1 is 0.524 bits per heavy atom. The number of hydrogen-bond acceptors (Lipinski definition) is 3. The molecule has 0 saturated carbocycles. The van der Waals surface area contributed by atoms with Crippen molar-refractivity contribution in [2.75, 3.05) is 0 Å². The molecule has 0 spiro atoms. The number of nitrogens with zero attached hydrogens (tertiary/aromatic N) is 5. The molecule has 0 amide bonds. The van der Waals surface area contributed by atoms with Crippen LogP contribution in [0, 0.1) is 11.3 Å². The maximum Gasteiger partial charge on any atom is 0.184 e. The van der Waals surface area contributed by atoms with Crippen LogP contribution in [0.1, 0.15) is 5.69 Å². The highest BCUT2D eigenvalue weighted by Gasteiger charge is 2.25. The molecule has 0 saturated heterocycles. The van der Waals surface area contributed by atoms with Crippen LogP contribution in [0.15, 0.2) is 115 Å². The highest BCUT2D eigenvalue weighted by molar-refractivity contribution is 6.36. The largest absolute Gasteiger partial charge is 0.308 e. The highest BCUT2D eigenvalue weighted by Crippen LogP contribution is 2.47. The lowest BCUT2D eigenvalue weighted by atomic mass is 10.0. The quantitative estimate of drug-likeness (QED) is 0.212. The van der Waals surface area contributed by atoms with Crippen molar-refractivity contribution in [1.29, 1.82) is 5.26 Å². The number of hydrogen-bond donors (Lipinski definition) is 0. The van der Waals surface area contributed by atoms with E-state index < -0.39 is 0 Å². The number of aromatic nitrogens is 4. The number of para-hydroxylation sites is 4. The van der Waals surface area contributed by atoms with Gasteiger partial charge in [0.2, 0.25) is 0 Å². The molecule has 6 aromatic carbocycles. The number of nitriles is 1. The second-order valence-electron chi connectivity index (χ2n) is 11.0. The van der Waals surface area contributed by atoms with Crippen molar-refractivity contribution >= 4 is 81.7 Å². The lowest BCUT2D eigenvalue weighted by Gasteiger charge is -2.10. The van der Waals surface area contributed by atoms with Gasteiger partial charge in [-0.3, -0.25) is 4.57 Å². The van der Waals surface area contributed by atoms with E-state index in [9.17, 15) is 5.26 Å². The van der Waals surface area contributed by atoms with Crippen LogP contribution in [0.4, 0.5) is 0 Å². The molecule has 10 rings (SSSR count). The topological polar surface area (TPSA) is 58.9 Å². The third-order valence-corrected chi connectivity index (χ3v) is 8.84. The molecular weight excluding hydrogens is 514 g/mol. The van der Waals surface area contributed by atoms with E-state index in [-0.39, 0.29) is 0 Å². The summed E-state index contributed by atoms with van der Waals surface area (Å²) in [6.45, 7) is 0. The van der Waals surface area contributed by atoms with Crippen LogP contribution in [-0.4, -0.2) is 18.9 Å². The molecule has 0 fully saturated rings. The molecule has 5 heteroatoms. The summed E-state index contributed by atoms with van der Waals surface area (Å²) in [6, 6.07) is 42.7. The van der Waals surface area contributed by atoms with Crippen LogP contribution in [0.2, 0.25) is 0 Å². The summed E-state index contributed by atoms with van der Waals surface area (Å²) < 4.78 is 4.58. The third-order valence-electron chi connectivity index (χ3n) is 8.84. The van der Waals surface area contributed by atoms with Crippen molar-refractivity contribution in [3.8, 4) is 11.9 Å². The van der Waals surface area contributed by atoms with E-state index in [0.717, 1.165) is 32.7 Å². The van der Waals surface area contributed by atoms with E-state index in [0.29, 0.717) is 17.0 Å². The molecule has 192 valence electrons. The van der Waals surface area contributed by atoms with Gasteiger partial charge in [0.05, 0.1) is 38.6 Å². The maximum atomic E-state index is 10.3. The fraction of sp³-hybridized carbons (Fsp3) is 0. The lowest BCUT2D eigenvalue weighted by molar-refractivity contribution is 1.06. The first kappa shape index (κ1) is 21.8. The smallest absolute Gasteiger partial charge is 0.184 e. The maximum absolute atomic E-state index is 10.3.